The third kappa shape index (κ3) is 3.09. The van der Waals surface area contributed by atoms with E-state index in [1.165, 1.54) is 11.1 Å². The van der Waals surface area contributed by atoms with E-state index in [1.54, 1.807) is 0 Å². The molecule has 150 valence electrons. The molecule has 4 nitrogen and oxygen atoms in total. The molecule has 3 aliphatic heterocycles. The smallest absolute Gasteiger partial charge is 0.161 e. The predicted octanol–water partition coefficient (Wildman–Crippen LogP) is 5.46. The van der Waals surface area contributed by atoms with Crippen LogP contribution < -0.4 is 18.9 Å². The van der Waals surface area contributed by atoms with E-state index in [9.17, 15) is 0 Å². The SMILES string of the molecule is C1=C(c2ccc3c(c2)OCCO3)COc2cc(C3CCc4ccccc4O3)ccc21. The van der Waals surface area contributed by atoms with Crippen molar-refractivity contribution in [3.8, 4) is 23.0 Å². The van der Waals surface area contributed by atoms with Crippen LogP contribution in [0.15, 0.2) is 60.7 Å². The Morgan fingerprint density at radius 1 is 0.733 bits per heavy atom. The number of para-hydroxylation sites is 1. The van der Waals surface area contributed by atoms with Crippen molar-refractivity contribution >= 4 is 11.6 Å². The molecule has 0 fully saturated rings. The molecule has 1 atom stereocenters. The van der Waals surface area contributed by atoms with Gasteiger partial charge in [0.15, 0.2) is 11.5 Å². The molecule has 30 heavy (non-hydrogen) atoms. The lowest BCUT2D eigenvalue weighted by molar-refractivity contribution is 0.171. The quantitative estimate of drug-likeness (QED) is 0.575. The largest absolute Gasteiger partial charge is 0.488 e. The highest BCUT2D eigenvalue weighted by molar-refractivity contribution is 5.86. The topological polar surface area (TPSA) is 36.9 Å². The molecule has 3 aromatic carbocycles. The molecule has 0 amide bonds. The number of rotatable bonds is 2. The first kappa shape index (κ1) is 17.5. The average Bonchev–Trinajstić information content (AvgIpc) is 2.83. The molecule has 6 rings (SSSR count). The molecule has 3 aliphatic rings. The number of aryl methyl sites for hydroxylation is 1. The van der Waals surface area contributed by atoms with Crippen molar-refractivity contribution in [1.29, 1.82) is 0 Å². The van der Waals surface area contributed by atoms with Gasteiger partial charge < -0.3 is 18.9 Å². The van der Waals surface area contributed by atoms with Crippen LogP contribution in [0.1, 0.15) is 34.8 Å². The fourth-order valence-corrected chi connectivity index (χ4v) is 4.35. The van der Waals surface area contributed by atoms with Gasteiger partial charge in [0.2, 0.25) is 0 Å². The molecule has 4 heteroatoms. The van der Waals surface area contributed by atoms with E-state index in [4.69, 9.17) is 18.9 Å². The van der Waals surface area contributed by atoms with Crippen LogP contribution in [0.2, 0.25) is 0 Å². The molecular formula is C26H22O4. The maximum absolute atomic E-state index is 6.26. The van der Waals surface area contributed by atoms with E-state index in [0.29, 0.717) is 19.8 Å². The summed E-state index contributed by atoms with van der Waals surface area (Å²) >= 11 is 0. The van der Waals surface area contributed by atoms with Gasteiger partial charge in [0.05, 0.1) is 0 Å². The second kappa shape index (κ2) is 7.13. The molecule has 0 N–H and O–H groups in total. The van der Waals surface area contributed by atoms with E-state index >= 15 is 0 Å². The Bertz CT molecular complexity index is 1150. The lowest BCUT2D eigenvalue weighted by atomic mass is 9.95. The van der Waals surface area contributed by atoms with E-state index < -0.39 is 0 Å². The van der Waals surface area contributed by atoms with Crippen LogP contribution >= 0.6 is 0 Å². The van der Waals surface area contributed by atoms with Crippen LogP contribution in [0.25, 0.3) is 11.6 Å². The first-order valence-electron chi connectivity index (χ1n) is 10.5. The summed E-state index contributed by atoms with van der Waals surface area (Å²) in [6.07, 6.45) is 4.28. The highest BCUT2D eigenvalue weighted by Crippen LogP contribution is 2.39. The summed E-state index contributed by atoms with van der Waals surface area (Å²) < 4.78 is 23.7. The van der Waals surface area contributed by atoms with E-state index in [-0.39, 0.29) is 6.10 Å². The van der Waals surface area contributed by atoms with Gasteiger partial charge in [-0.3, -0.25) is 0 Å². The third-order valence-electron chi connectivity index (χ3n) is 5.95. The molecule has 1 unspecified atom stereocenters. The van der Waals surface area contributed by atoms with Gasteiger partial charge in [-0.2, -0.15) is 0 Å². The first-order valence-corrected chi connectivity index (χ1v) is 10.5. The monoisotopic (exact) mass is 398 g/mol. The van der Waals surface area contributed by atoms with Crippen molar-refractivity contribution in [2.75, 3.05) is 19.8 Å². The summed E-state index contributed by atoms with van der Waals surface area (Å²) in [5.41, 5.74) is 5.77. The summed E-state index contributed by atoms with van der Waals surface area (Å²) in [6, 6.07) is 20.8. The van der Waals surface area contributed by atoms with Crippen molar-refractivity contribution in [2.24, 2.45) is 0 Å². The van der Waals surface area contributed by atoms with E-state index in [2.05, 4.69) is 48.5 Å². The Labute approximate surface area is 175 Å². The molecule has 0 saturated carbocycles. The number of benzene rings is 3. The van der Waals surface area contributed by atoms with Gasteiger partial charge >= 0.3 is 0 Å². The fraction of sp³-hybridized carbons (Fsp3) is 0.231. The molecule has 0 bridgehead atoms. The van der Waals surface area contributed by atoms with Crippen LogP contribution in [-0.4, -0.2) is 19.8 Å². The van der Waals surface area contributed by atoms with Gasteiger partial charge in [-0.25, -0.2) is 0 Å². The summed E-state index contributed by atoms with van der Waals surface area (Å²) in [5, 5.41) is 0. The lowest BCUT2D eigenvalue weighted by Gasteiger charge is -2.27. The molecule has 0 aliphatic carbocycles. The Kier molecular flexibility index (Phi) is 4.15. The van der Waals surface area contributed by atoms with Crippen molar-refractivity contribution in [2.45, 2.75) is 18.9 Å². The van der Waals surface area contributed by atoms with Crippen LogP contribution in [0.4, 0.5) is 0 Å². The molecule has 0 radical (unpaired) electrons. The zero-order valence-corrected chi connectivity index (χ0v) is 16.6. The van der Waals surface area contributed by atoms with Crippen LogP contribution in [-0.2, 0) is 6.42 Å². The summed E-state index contributed by atoms with van der Waals surface area (Å²) in [4.78, 5) is 0. The zero-order valence-electron chi connectivity index (χ0n) is 16.6. The van der Waals surface area contributed by atoms with Crippen molar-refractivity contribution < 1.29 is 18.9 Å². The molecule has 3 heterocycles. The predicted molar refractivity (Wildman–Crippen MR) is 115 cm³/mol. The lowest BCUT2D eigenvalue weighted by Crippen LogP contribution is -2.16. The van der Waals surface area contributed by atoms with E-state index in [1.807, 2.05) is 18.2 Å². The maximum Gasteiger partial charge on any atom is 0.161 e. The fourth-order valence-electron chi connectivity index (χ4n) is 4.35. The number of ether oxygens (including phenoxy) is 4. The molecule has 0 saturated heterocycles. The zero-order chi connectivity index (χ0) is 19.9. The minimum absolute atomic E-state index is 0.0666. The van der Waals surface area contributed by atoms with Gasteiger partial charge in [0, 0.05) is 5.56 Å². The van der Waals surface area contributed by atoms with Crippen LogP contribution in [0, 0.1) is 0 Å². The standard InChI is InChI=1S/C26H22O4/c1-2-4-22-17(3-1)7-9-23(30-22)20-6-5-19-13-21(16-29-25(19)15-20)18-8-10-24-26(14-18)28-12-11-27-24/h1-6,8,10,13-15,23H,7,9,11-12,16H2. The normalized spacial score (nSPS) is 18.9. The van der Waals surface area contributed by atoms with E-state index in [0.717, 1.165) is 52.5 Å². The molecule has 3 aromatic rings. The Hall–Kier alpha value is -3.40. The average molecular weight is 398 g/mol. The minimum Gasteiger partial charge on any atom is -0.488 e. The third-order valence-corrected chi connectivity index (χ3v) is 5.95. The Morgan fingerprint density at radius 2 is 1.63 bits per heavy atom. The van der Waals surface area contributed by atoms with Crippen LogP contribution in [0.5, 0.6) is 23.0 Å². The summed E-state index contributed by atoms with van der Waals surface area (Å²) in [5.74, 6) is 3.52. The van der Waals surface area contributed by atoms with Crippen LogP contribution in [0.3, 0.4) is 0 Å². The van der Waals surface area contributed by atoms with Crippen molar-refractivity contribution in [3.63, 3.8) is 0 Å². The van der Waals surface area contributed by atoms with Gasteiger partial charge in [-0.1, -0.05) is 36.4 Å². The molecule has 0 spiro atoms. The highest BCUT2D eigenvalue weighted by Gasteiger charge is 2.23. The highest BCUT2D eigenvalue weighted by atomic mass is 16.6. The number of hydrogen-bond donors (Lipinski definition) is 0. The molecule has 0 aromatic heterocycles. The van der Waals surface area contributed by atoms with Gasteiger partial charge in [0.1, 0.15) is 37.4 Å². The van der Waals surface area contributed by atoms with Gasteiger partial charge in [-0.15, -0.1) is 0 Å². The second-order valence-corrected chi connectivity index (χ2v) is 7.87. The molecular weight excluding hydrogens is 376 g/mol. The summed E-state index contributed by atoms with van der Waals surface area (Å²) in [6.45, 7) is 1.72. The number of fused-ring (bicyclic) bond motifs is 3. The van der Waals surface area contributed by atoms with Gasteiger partial charge in [0.25, 0.3) is 0 Å². The number of hydrogen-bond acceptors (Lipinski definition) is 4. The van der Waals surface area contributed by atoms with Gasteiger partial charge in [-0.05, 0) is 65.4 Å². The first-order chi connectivity index (χ1) is 14.8. The summed E-state index contributed by atoms with van der Waals surface area (Å²) in [7, 11) is 0. The van der Waals surface area contributed by atoms with Crippen molar-refractivity contribution in [3.05, 3.63) is 82.9 Å². The minimum atomic E-state index is 0.0666. The Morgan fingerprint density at radius 3 is 2.60 bits per heavy atom. The second-order valence-electron chi connectivity index (χ2n) is 7.87. The van der Waals surface area contributed by atoms with Crippen molar-refractivity contribution in [1.82, 2.24) is 0 Å². The Balaban J connectivity index is 1.26. The maximum atomic E-state index is 6.26.